The summed E-state index contributed by atoms with van der Waals surface area (Å²) >= 11 is 0. The van der Waals surface area contributed by atoms with Crippen molar-refractivity contribution >= 4 is 0 Å². The monoisotopic (exact) mass is 217 g/mol. The normalized spacial score (nSPS) is 18.0. The maximum absolute atomic E-state index is 8.60. The van der Waals surface area contributed by atoms with Crippen molar-refractivity contribution in [1.82, 2.24) is 4.98 Å². The predicted molar refractivity (Wildman–Crippen MR) is 59.8 cm³/mol. The summed E-state index contributed by atoms with van der Waals surface area (Å²) in [5.74, 6) is 0.677. The smallest absolute Gasteiger partial charge is 0.140 e. The topological polar surface area (TPSA) is 71.9 Å². The number of pyridine rings is 1. The molecule has 1 aliphatic rings. The van der Waals surface area contributed by atoms with Gasteiger partial charge in [-0.3, -0.25) is 0 Å². The average Bonchev–Trinajstić information content (AvgIpc) is 2.75. The highest BCUT2D eigenvalue weighted by Crippen LogP contribution is 2.27. The van der Waals surface area contributed by atoms with Gasteiger partial charge in [-0.15, -0.1) is 0 Å². The van der Waals surface area contributed by atoms with Crippen LogP contribution in [-0.4, -0.2) is 17.1 Å². The van der Waals surface area contributed by atoms with E-state index in [9.17, 15) is 0 Å². The van der Waals surface area contributed by atoms with E-state index in [1.165, 1.54) is 12.8 Å². The molecule has 0 atom stereocenters. The molecule has 0 amide bonds. The highest BCUT2D eigenvalue weighted by atomic mass is 16.5. The Balaban J connectivity index is 1.92. The summed E-state index contributed by atoms with van der Waals surface area (Å²) in [6.45, 7) is 0.528. The van der Waals surface area contributed by atoms with Crippen molar-refractivity contribution in [2.75, 3.05) is 6.61 Å². The van der Waals surface area contributed by atoms with Crippen molar-refractivity contribution < 1.29 is 4.74 Å². The van der Waals surface area contributed by atoms with Gasteiger partial charge in [-0.1, -0.05) is 12.8 Å². The second-order valence-electron chi connectivity index (χ2n) is 4.35. The Labute approximate surface area is 95.0 Å². The van der Waals surface area contributed by atoms with Crippen LogP contribution in [0.2, 0.25) is 0 Å². The second kappa shape index (κ2) is 4.50. The number of aromatic nitrogens is 1. The van der Waals surface area contributed by atoms with Crippen molar-refractivity contribution in [3.63, 3.8) is 0 Å². The molecule has 16 heavy (non-hydrogen) atoms. The number of rotatable bonds is 3. The van der Waals surface area contributed by atoms with Gasteiger partial charge in [0.25, 0.3) is 0 Å². The van der Waals surface area contributed by atoms with Gasteiger partial charge in [0, 0.05) is 0 Å². The molecule has 1 heterocycles. The highest BCUT2D eigenvalue weighted by Gasteiger charge is 2.30. The molecule has 1 aliphatic carbocycles. The molecular formula is C12H15N3O. The fourth-order valence-corrected chi connectivity index (χ4v) is 1.98. The Morgan fingerprint density at radius 2 is 2.19 bits per heavy atom. The first-order valence-corrected chi connectivity index (χ1v) is 5.50. The number of nitriles is 1. The van der Waals surface area contributed by atoms with Crippen LogP contribution < -0.4 is 10.5 Å². The van der Waals surface area contributed by atoms with Crippen LogP contribution in [0.4, 0.5) is 0 Å². The molecule has 84 valence electrons. The minimum atomic E-state index is -0.173. The third-order valence-electron chi connectivity index (χ3n) is 2.98. The van der Waals surface area contributed by atoms with Gasteiger partial charge in [0.05, 0.1) is 11.7 Å². The highest BCUT2D eigenvalue weighted by molar-refractivity contribution is 5.26. The summed E-state index contributed by atoms with van der Waals surface area (Å²) in [6, 6.07) is 5.37. The van der Waals surface area contributed by atoms with E-state index in [0.29, 0.717) is 18.1 Å². The van der Waals surface area contributed by atoms with Gasteiger partial charge in [-0.2, -0.15) is 5.26 Å². The van der Waals surface area contributed by atoms with Crippen LogP contribution in [0.5, 0.6) is 5.75 Å². The molecular weight excluding hydrogens is 202 g/mol. The van der Waals surface area contributed by atoms with Gasteiger partial charge in [-0.25, -0.2) is 4.98 Å². The molecule has 2 N–H and O–H groups in total. The van der Waals surface area contributed by atoms with Gasteiger partial charge in [0.2, 0.25) is 0 Å². The van der Waals surface area contributed by atoms with Crippen LogP contribution in [-0.2, 0) is 0 Å². The van der Waals surface area contributed by atoms with E-state index in [1.807, 2.05) is 6.07 Å². The first-order chi connectivity index (χ1) is 7.72. The standard InChI is InChI=1S/C12H15N3O/c13-7-10-3-4-11(8-15-10)16-9-12(14)5-1-2-6-12/h3-4,8H,1-2,5-6,9,14H2. The lowest BCUT2D eigenvalue weighted by molar-refractivity contribution is 0.220. The summed E-state index contributed by atoms with van der Waals surface area (Å²) in [7, 11) is 0. The summed E-state index contributed by atoms with van der Waals surface area (Å²) in [6.07, 6.45) is 5.99. The van der Waals surface area contributed by atoms with E-state index in [-0.39, 0.29) is 5.54 Å². The van der Waals surface area contributed by atoms with Crippen molar-refractivity contribution in [3.8, 4) is 11.8 Å². The summed E-state index contributed by atoms with van der Waals surface area (Å²) in [5, 5.41) is 8.60. The van der Waals surface area contributed by atoms with Crippen LogP contribution >= 0.6 is 0 Å². The molecule has 0 spiro atoms. The number of hydrogen-bond donors (Lipinski definition) is 1. The predicted octanol–water partition coefficient (Wildman–Crippen LogP) is 1.60. The number of nitrogens with two attached hydrogens (primary N) is 1. The first-order valence-electron chi connectivity index (χ1n) is 5.50. The maximum atomic E-state index is 8.60. The van der Waals surface area contributed by atoms with Crippen molar-refractivity contribution in [3.05, 3.63) is 24.0 Å². The Hall–Kier alpha value is -1.60. The molecule has 2 rings (SSSR count). The molecule has 0 saturated heterocycles. The minimum Gasteiger partial charge on any atom is -0.490 e. The summed E-state index contributed by atoms with van der Waals surface area (Å²) in [4.78, 5) is 3.94. The zero-order valence-corrected chi connectivity index (χ0v) is 9.15. The molecule has 4 heteroatoms. The Morgan fingerprint density at radius 3 is 2.75 bits per heavy atom. The molecule has 0 aromatic carbocycles. The van der Waals surface area contributed by atoms with Crippen LogP contribution in [0.15, 0.2) is 18.3 Å². The fourth-order valence-electron chi connectivity index (χ4n) is 1.98. The van der Waals surface area contributed by atoms with Crippen molar-refractivity contribution in [2.24, 2.45) is 5.73 Å². The lowest BCUT2D eigenvalue weighted by Crippen LogP contribution is -2.42. The van der Waals surface area contributed by atoms with Crippen LogP contribution in [0.25, 0.3) is 0 Å². The second-order valence-corrected chi connectivity index (χ2v) is 4.35. The summed E-state index contributed by atoms with van der Waals surface area (Å²) in [5.41, 5.74) is 6.39. The van der Waals surface area contributed by atoms with Crippen molar-refractivity contribution in [1.29, 1.82) is 5.26 Å². The van der Waals surface area contributed by atoms with E-state index >= 15 is 0 Å². The van der Waals surface area contributed by atoms with Crippen molar-refractivity contribution in [2.45, 2.75) is 31.2 Å². The number of nitrogens with zero attached hydrogens (tertiary/aromatic N) is 2. The van der Waals surface area contributed by atoms with Gasteiger partial charge >= 0.3 is 0 Å². The SMILES string of the molecule is N#Cc1ccc(OCC2(N)CCCC2)cn1. The van der Waals surface area contributed by atoms with Gasteiger partial charge in [-0.05, 0) is 25.0 Å². The Bertz CT molecular complexity index is 388. The minimum absolute atomic E-state index is 0.173. The number of ether oxygens (including phenoxy) is 1. The third kappa shape index (κ3) is 2.50. The molecule has 1 fully saturated rings. The average molecular weight is 217 g/mol. The molecule has 4 nitrogen and oxygen atoms in total. The van der Waals surface area contributed by atoms with E-state index in [2.05, 4.69) is 4.98 Å². The van der Waals surface area contributed by atoms with Gasteiger partial charge in [0.1, 0.15) is 24.1 Å². The lowest BCUT2D eigenvalue weighted by atomic mass is 10.0. The maximum Gasteiger partial charge on any atom is 0.140 e. The lowest BCUT2D eigenvalue weighted by Gasteiger charge is -2.23. The fraction of sp³-hybridized carbons (Fsp3) is 0.500. The van der Waals surface area contributed by atoms with E-state index in [4.69, 9.17) is 15.7 Å². The van der Waals surface area contributed by atoms with Gasteiger partial charge < -0.3 is 10.5 Å². The molecule has 0 aliphatic heterocycles. The zero-order chi connectivity index (χ0) is 11.4. The van der Waals surface area contributed by atoms with E-state index < -0.39 is 0 Å². The quantitative estimate of drug-likeness (QED) is 0.834. The molecule has 0 radical (unpaired) electrons. The first kappa shape index (κ1) is 10.9. The van der Waals surface area contributed by atoms with Gasteiger partial charge in [0.15, 0.2) is 0 Å². The molecule has 1 saturated carbocycles. The van der Waals surface area contributed by atoms with Crippen LogP contribution in [0.3, 0.4) is 0 Å². The molecule has 0 bridgehead atoms. The van der Waals surface area contributed by atoms with Crippen LogP contribution in [0, 0.1) is 11.3 Å². The van der Waals surface area contributed by atoms with E-state index in [1.54, 1.807) is 18.3 Å². The molecule has 0 unspecified atom stereocenters. The number of hydrogen-bond acceptors (Lipinski definition) is 4. The third-order valence-corrected chi connectivity index (χ3v) is 2.98. The summed E-state index contributed by atoms with van der Waals surface area (Å²) < 4.78 is 5.60. The molecule has 1 aromatic heterocycles. The Morgan fingerprint density at radius 1 is 1.44 bits per heavy atom. The largest absolute Gasteiger partial charge is 0.490 e. The van der Waals surface area contributed by atoms with Crippen LogP contribution in [0.1, 0.15) is 31.4 Å². The zero-order valence-electron chi connectivity index (χ0n) is 9.15. The van der Waals surface area contributed by atoms with E-state index in [0.717, 1.165) is 12.8 Å². The Kier molecular flexibility index (Phi) is 3.07. The molecule has 1 aromatic rings.